The Morgan fingerprint density at radius 2 is 0.712 bits per heavy atom. The van der Waals surface area contributed by atoms with Crippen LogP contribution in [0, 0.1) is 10.8 Å². The highest BCUT2D eigenvalue weighted by atomic mass is 16.6. The molecule has 0 aliphatic carbocycles. The van der Waals surface area contributed by atoms with Crippen LogP contribution in [0.25, 0.3) is 0 Å². The van der Waals surface area contributed by atoms with Gasteiger partial charge in [-0.1, -0.05) is 155 Å². The van der Waals surface area contributed by atoms with Crippen molar-refractivity contribution in [2.24, 2.45) is 10.8 Å². The lowest BCUT2D eigenvalue weighted by Crippen LogP contribution is -2.36. The average molecular weight is 733 g/mol. The van der Waals surface area contributed by atoms with E-state index in [4.69, 9.17) is 14.2 Å². The molecule has 6 nitrogen and oxygen atoms in total. The van der Waals surface area contributed by atoms with Crippen LogP contribution in [0.4, 0.5) is 0 Å². The van der Waals surface area contributed by atoms with Gasteiger partial charge in [-0.05, 0) is 78.1 Å². The van der Waals surface area contributed by atoms with Gasteiger partial charge in [0, 0.05) is 18.3 Å². The van der Waals surface area contributed by atoms with E-state index in [-0.39, 0.29) is 31.8 Å². The van der Waals surface area contributed by atoms with Crippen molar-refractivity contribution in [1.29, 1.82) is 0 Å². The number of carbonyl (C=O) groups is 3. The number of hydrogen-bond donors (Lipinski definition) is 0. The summed E-state index contributed by atoms with van der Waals surface area (Å²) in [6, 6.07) is 0. The molecule has 0 unspecified atom stereocenters. The monoisotopic (exact) mass is 733 g/mol. The molecule has 6 heteroatoms. The molecule has 0 aliphatic rings. The molecule has 0 rings (SSSR count). The molecule has 304 valence electrons. The fraction of sp³-hybridized carbons (Fsp3) is 0.848. The van der Waals surface area contributed by atoms with Gasteiger partial charge in [-0.25, -0.2) is 0 Å². The predicted molar refractivity (Wildman–Crippen MR) is 219 cm³/mol. The molecule has 0 aromatic heterocycles. The van der Waals surface area contributed by atoms with Crippen molar-refractivity contribution < 1.29 is 28.6 Å². The van der Waals surface area contributed by atoms with E-state index in [9.17, 15) is 14.4 Å². The van der Waals surface area contributed by atoms with Gasteiger partial charge < -0.3 is 14.2 Å². The Hall–Kier alpha value is -2.11. The van der Waals surface area contributed by atoms with E-state index in [0.717, 1.165) is 51.4 Å². The van der Waals surface area contributed by atoms with Crippen LogP contribution in [-0.4, -0.2) is 37.7 Å². The van der Waals surface area contributed by atoms with Crippen LogP contribution in [0.15, 0.2) is 24.3 Å². The number of esters is 3. The second-order valence-electron chi connectivity index (χ2n) is 16.6. The highest BCUT2D eigenvalue weighted by Crippen LogP contribution is 2.23. The van der Waals surface area contributed by atoms with Crippen LogP contribution in [-0.2, 0) is 28.6 Å². The Labute approximate surface area is 322 Å². The van der Waals surface area contributed by atoms with Crippen molar-refractivity contribution in [2.75, 3.05) is 19.8 Å². The molecule has 0 heterocycles. The molecular formula is C46H84O6. The van der Waals surface area contributed by atoms with E-state index in [1.165, 1.54) is 116 Å². The molecule has 0 bridgehead atoms. The molecule has 0 fully saturated rings. The summed E-state index contributed by atoms with van der Waals surface area (Å²) in [5.41, 5.74) is -1.46. The number of rotatable bonds is 37. The van der Waals surface area contributed by atoms with Gasteiger partial charge in [-0.2, -0.15) is 0 Å². The quantitative estimate of drug-likeness (QED) is 0.0274. The van der Waals surface area contributed by atoms with Crippen LogP contribution < -0.4 is 0 Å². The first kappa shape index (κ1) is 49.9. The fourth-order valence-corrected chi connectivity index (χ4v) is 5.92. The van der Waals surface area contributed by atoms with Crippen LogP contribution in [0.3, 0.4) is 0 Å². The van der Waals surface area contributed by atoms with Gasteiger partial charge in [-0.15, -0.1) is 0 Å². The van der Waals surface area contributed by atoms with E-state index < -0.39 is 16.8 Å². The number of ether oxygens (including phenoxy) is 3. The van der Waals surface area contributed by atoms with Crippen molar-refractivity contribution in [1.82, 2.24) is 0 Å². The number of hydrogen-bond acceptors (Lipinski definition) is 6. The van der Waals surface area contributed by atoms with E-state index >= 15 is 0 Å². The Bertz CT molecular complexity index is 918. The first-order chi connectivity index (χ1) is 25.0. The summed E-state index contributed by atoms with van der Waals surface area (Å²) in [7, 11) is 0. The standard InChI is InChI=1S/C46H84O6/c1-7-9-11-13-15-17-19-21-23-25-27-29-31-33-35-37-42(47)50-39-45(3,4)40-52-44(49)46(5,6)41-51-43(48)38-36-34-32-30-28-26-24-22-20-18-16-14-12-10-8-2/h21-24H,7-20,25-41H2,1-6H3/b23-21+,24-22+. The summed E-state index contributed by atoms with van der Waals surface area (Å²) in [4.78, 5) is 37.4. The van der Waals surface area contributed by atoms with Crippen LogP contribution >= 0.6 is 0 Å². The lowest BCUT2D eigenvalue weighted by atomic mass is 9.93. The Morgan fingerprint density at radius 1 is 0.404 bits per heavy atom. The Morgan fingerprint density at radius 3 is 1.10 bits per heavy atom. The normalized spacial score (nSPS) is 12.2. The molecule has 0 aromatic carbocycles. The predicted octanol–water partition coefficient (Wildman–Crippen LogP) is 13.7. The van der Waals surface area contributed by atoms with Crippen LogP contribution in [0.5, 0.6) is 0 Å². The SMILES string of the molecule is CCCCCCCC/C=C/CCCCCCCC(=O)OCC(C)(C)COC(=O)C(C)(C)COC(=O)CCCCCCC/C=C/CCCCCCCC. The molecule has 0 N–H and O–H groups in total. The van der Waals surface area contributed by atoms with Crippen LogP contribution in [0.2, 0.25) is 0 Å². The smallest absolute Gasteiger partial charge is 0.315 e. The van der Waals surface area contributed by atoms with E-state index in [0.29, 0.717) is 12.8 Å². The molecule has 0 amide bonds. The Balaban J connectivity index is 3.87. The van der Waals surface area contributed by atoms with Gasteiger partial charge >= 0.3 is 17.9 Å². The summed E-state index contributed by atoms with van der Waals surface area (Å²) in [5.74, 6) is -0.887. The second kappa shape index (κ2) is 34.6. The number of unbranched alkanes of at least 4 members (excludes halogenated alkanes) is 22. The first-order valence-corrected chi connectivity index (χ1v) is 21.8. The maximum Gasteiger partial charge on any atom is 0.315 e. The van der Waals surface area contributed by atoms with Crippen molar-refractivity contribution in [3.63, 3.8) is 0 Å². The van der Waals surface area contributed by atoms with Gasteiger partial charge in [0.25, 0.3) is 0 Å². The maximum absolute atomic E-state index is 12.8. The molecule has 0 spiro atoms. The second-order valence-corrected chi connectivity index (χ2v) is 16.6. The van der Waals surface area contributed by atoms with Crippen molar-refractivity contribution in [3.05, 3.63) is 24.3 Å². The minimum atomic E-state index is -0.950. The minimum absolute atomic E-state index is 0.0128. The van der Waals surface area contributed by atoms with E-state index in [1.54, 1.807) is 13.8 Å². The number of carbonyl (C=O) groups excluding carboxylic acids is 3. The molecule has 0 saturated carbocycles. The highest BCUT2D eigenvalue weighted by molar-refractivity contribution is 5.77. The average Bonchev–Trinajstić information content (AvgIpc) is 3.12. The van der Waals surface area contributed by atoms with E-state index in [2.05, 4.69) is 38.2 Å². The molecular weight excluding hydrogens is 648 g/mol. The maximum atomic E-state index is 12.8. The van der Waals surface area contributed by atoms with E-state index in [1.807, 2.05) is 13.8 Å². The van der Waals surface area contributed by atoms with Crippen molar-refractivity contribution in [3.8, 4) is 0 Å². The molecule has 0 atom stereocenters. The molecule has 0 saturated heterocycles. The van der Waals surface area contributed by atoms with Crippen LogP contribution in [0.1, 0.15) is 221 Å². The summed E-state index contributed by atoms with van der Waals surface area (Å²) in [6.07, 6.45) is 41.8. The summed E-state index contributed by atoms with van der Waals surface area (Å²) >= 11 is 0. The number of allylic oxidation sites excluding steroid dienone is 4. The largest absolute Gasteiger partial charge is 0.465 e. The third kappa shape index (κ3) is 33.7. The molecule has 0 aromatic rings. The lowest BCUT2D eigenvalue weighted by molar-refractivity contribution is -0.165. The lowest BCUT2D eigenvalue weighted by Gasteiger charge is -2.27. The van der Waals surface area contributed by atoms with Gasteiger partial charge in [0.2, 0.25) is 0 Å². The first-order valence-electron chi connectivity index (χ1n) is 21.8. The third-order valence-electron chi connectivity index (χ3n) is 9.65. The minimum Gasteiger partial charge on any atom is -0.465 e. The topological polar surface area (TPSA) is 78.9 Å². The van der Waals surface area contributed by atoms with Gasteiger partial charge in [-0.3, -0.25) is 14.4 Å². The zero-order valence-electron chi connectivity index (χ0n) is 35.2. The Kier molecular flexibility index (Phi) is 33.2. The van der Waals surface area contributed by atoms with Gasteiger partial charge in [0.1, 0.15) is 6.61 Å². The molecule has 0 aliphatic heterocycles. The zero-order chi connectivity index (χ0) is 38.6. The zero-order valence-corrected chi connectivity index (χ0v) is 35.2. The van der Waals surface area contributed by atoms with Crippen molar-refractivity contribution >= 4 is 17.9 Å². The summed E-state index contributed by atoms with van der Waals surface area (Å²) < 4.78 is 16.5. The molecule has 0 radical (unpaired) electrons. The van der Waals surface area contributed by atoms with Gasteiger partial charge in [0.05, 0.1) is 18.6 Å². The molecule has 52 heavy (non-hydrogen) atoms. The summed E-state index contributed by atoms with van der Waals surface area (Å²) in [5, 5.41) is 0. The third-order valence-corrected chi connectivity index (χ3v) is 9.65. The summed E-state index contributed by atoms with van der Waals surface area (Å²) in [6.45, 7) is 12.1. The highest BCUT2D eigenvalue weighted by Gasteiger charge is 2.33. The fourth-order valence-electron chi connectivity index (χ4n) is 5.92. The van der Waals surface area contributed by atoms with Gasteiger partial charge in [0.15, 0.2) is 0 Å². The van der Waals surface area contributed by atoms with Crippen molar-refractivity contribution in [2.45, 2.75) is 221 Å².